The Morgan fingerprint density at radius 3 is 2.63 bits per heavy atom. The molecule has 0 saturated carbocycles. The van der Waals surface area contributed by atoms with Gasteiger partial charge in [-0.15, -0.1) is 0 Å². The summed E-state index contributed by atoms with van der Waals surface area (Å²) in [6.45, 7) is 7.10. The van der Waals surface area contributed by atoms with Crippen LogP contribution in [-0.2, 0) is 16.1 Å². The van der Waals surface area contributed by atoms with Gasteiger partial charge in [-0.2, -0.15) is 0 Å². The Hall–Kier alpha value is -3.56. The molecule has 1 saturated heterocycles. The minimum Gasteiger partial charge on any atom is -0.379 e. The van der Waals surface area contributed by atoms with E-state index in [1.165, 1.54) is 0 Å². The first-order valence-corrected chi connectivity index (χ1v) is 12.1. The molecule has 4 rings (SSSR count). The lowest BCUT2D eigenvalue weighted by Crippen LogP contribution is -2.37. The molecule has 1 fully saturated rings. The van der Waals surface area contributed by atoms with E-state index in [4.69, 9.17) is 4.74 Å². The van der Waals surface area contributed by atoms with Crippen molar-refractivity contribution in [1.29, 1.82) is 0 Å². The van der Waals surface area contributed by atoms with Gasteiger partial charge in [0.25, 0.3) is 0 Å². The number of hydrogen-bond acceptors (Lipinski definition) is 6. The monoisotopic (exact) mass is 476 g/mol. The molecule has 3 aromatic rings. The van der Waals surface area contributed by atoms with Crippen LogP contribution in [0.5, 0.6) is 0 Å². The molecule has 1 aliphatic rings. The number of anilines is 1. The van der Waals surface area contributed by atoms with Crippen LogP contribution >= 0.6 is 0 Å². The molecule has 35 heavy (non-hydrogen) atoms. The number of amides is 3. The highest BCUT2D eigenvalue weighted by molar-refractivity contribution is 6.00. The first kappa shape index (κ1) is 24.6. The van der Waals surface area contributed by atoms with E-state index in [-0.39, 0.29) is 11.9 Å². The highest BCUT2D eigenvalue weighted by Gasteiger charge is 2.13. The summed E-state index contributed by atoms with van der Waals surface area (Å²) < 4.78 is 5.37. The van der Waals surface area contributed by atoms with E-state index < -0.39 is 0 Å². The Bertz CT molecular complexity index is 1150. The summed E-state index contributed by atoms with van der Waals surface area (Å²) in [7, 11) is 0. The van der Waals surface area contributed by atoms with Crippen LogP contribution in [0.1, 0.15) is 25.3 Å². The van der Waals surface area contributed by atoms with E-state index in [9.17, 15) is 9.59 Å². The smallest absolute Gasteiger partial charge is 0.320 e. The topological polar surface area (TPSA) is 108 Å². The molecule has 0 radical (unpaired) electrons. The van der Waals surface area contributed by atoms with Crippen molar-refractivity contribution < 1.29 is 14.3 Å². The number of nitrogens with zero attached hydrogens (tertiary/aromatic N) is 3. The molecule has 3 amide bonds. The minimum atomic E-state index is -0.301. The Morgan fingerprint density at radius 1 is 1.06 bits per heavy atom. The number of aromatic nitrogens is 2. The minimum absolute atomic E-state index is 0.0344. The highest BCUT2D eigenvalue weighted by atomic mass is 16.5. The van der Waals surface area contributed by atoms with Crippen molar-refractivity contribution in [3.8, 4) is 11.1 Å². The number of urea groups is 1. The fourth-order valence-electron chi connectivity index (χ4n) is 4.19. The Morgan fingerprint density at radius 2 is 1.86 bits per heavy atom. The van der Waals surface area contributed by atoms with Gasteiger partial charge in [0.2, 0.25) is 5.91 Å². The average molecular weight is 477 g/mol. The number of rotatable bonds is 9. The standard InChI is InChI=1S/C26H32N6O3/c1-2-28-26(34)31-24-16-22-21(19-7-9-27-10-8-19)6-5-20(23(22)18-29-24)17-30-25(33)4-3-11-32-12-14-35-15-13-32/h5-10,16,18H,2-4,11-15,17H2,1H3,(H,30,33)(H2,28,29,31,34). The zero-order valence-corrected chi connectivity index (χ0v) is 20.0. The number of benzene rings is 1. The molecule has 184 valence electrons. The van der Waals surface area contributed by atoms with Gasteiger partial charge in [0.05, 0.1) is 13.2 Å². The van der Waals surface area contributed by atoms with Crippen molar-refractivity contribution in [2.24, 2.45) is 0 Å². The van der Waals surface area contributed by atoms with Gasteiger partial charge >= 0.3 is 6.03 Å². The van der Waals surface area contributed by atoms with Crippen molar-refractivity contribution in [3.63, 3.8) is 0 Å². The third-order valence-corrected chi connectivity index (χ3v) is 6.02. The van der Waals surface area contributed by atoms with Crippen LogP contribution in [0.4, 0.5) is 10.6 Å². The molecular weight excluding hydrogens is 444 g/mol. The quantitative estimate of drug-likeness (QED) is 0.438. The van der Waals surface area contributed by atoms with Crippen LogP contribution < -0.4 is 16.0 Å². The lowest BCUT2D eigenvalue weighted by Gasteiger charge is -2.26. The summed E-state index contributed by atoms with van der Waals surface area (Å²) in [4.78, 5) is 35.4. The number of nitrogens with one attached hydrogen (secondary N) is 3. The first-order chi connectivity index (χ1) is 17.1. The van der Waals surface area contributed by atoms with Gasteiger partial charge in [0, 0.05) is 56.6 Å². The van der Waals surface area contributed by atoms with Gasteiger partial charge in [0.1, 0.15) is 5.82 Å². The molecule has 1 aromatic carbocycles. The molecule has 3 N–H and O–H groups in total. The zero-order chi connectivity index (χ0) is 24.5. The van der Waals surface area contributed by atoms with Gasteiger partial charge < -0.3 is 15.4 Å². The number of carbonyl (C=O) groups is 2. The van der Waals surface area contributed by atoms with Crippen LogP contribution in [0.15, 0.2) is 48.9 Å². The summed E-state index contributed by atoms with van der Waals surface area (Å²) in [5.41, 5.74) is 2.99. The van der Waals surface area contributed by atoms with Crippen LogP contribution in [0, 0.1) is 0 Å². The average Bonchev–Trinajstić information content (AvgIpc) is 2.88. The molecule has 2 aromatic heterocycles. The Kier molecular flexibility index (Phi) is 8.58. The zero-order valence-electron chi connectivity index (χ0n) is 20.0. The molecule has 0 unspecified atom stereocenters. The Labute approximate surface area is 205 Å². The third-order valence-electron chi connectivity index (χ3n) is 6.02. The van der Waals surface area contributed by atoms with E-state index in [1.807, 2.05) is 37.3 Å². The molecule has 9 heteroatoms. The summed E-state index contributed by atoms with van der Waals surface area (Å²) in [5, 5.41) is 10.4. The van der Waals surface area contributed by atoms with Gasteiger partial charge in [0.15, 0.2) is 0 Å². The molecule has 0 bridgehead atoms. The number of fused-ring (bicyclic) bond motifs is 1. The van der Waals surface area contributed by atoms with E-state index in [2.05, 4.69) is 30.8 Å². The maximum Gasteiger partial charge on any atom is 0.320 e. The summed E-state index contributed by atoms with van der Waals surface area (Å²) in [6.07, 6.45) is 6.57. The number of pyridine rings is 2. The van der Waals surface area contributed by atoms with Crippen molar-refractivity contribution in [1.82, 2.24) is 25.5 Å². The fraction of sp³-hybridized carbons (Fsp3) is 0.385. The number of ether oxygens (including phenoxy) is 1. The van der Waals surface area contributed by atoms with Gasteiger partial charge in [-0.3, -0.25) is 20.0 Å². The van der Waals surface area contributed by atoms with Gasteiger partial charge in [-0.1, -0.05) is 12.1 Å². The molecule has 3 heterocycles. The van der Waals surface area contributed by atoms with E-state index in [0.29, 0.717) is 25.3 Å². The molecule has 1 aliphatic heterocycles. The normalized spacial score (nSPS) is 14.0. The number of hydrogen-bond donors (Lipinski definition) is 3. The van der Waals surface area contributed by atoms with Crippen molar-refractivity contribution >= 4 is 28.5 Å². The Balaban J connectivity index is 1.48. The lowest BCUT2D eigenvalue weighted by molar-refractivity contribution is -0.121. The molecule has 0 aliphatic carbocycles. The maximum atomic E-state index is 12.5. The largest absolute Gasteiger partial charge is 0.379 e. The van der Waals surface area contributed by atoms with Gasteiger partial charge in [-0.25, -0.2) is 9.78 Å². The molecule has 0 atom stereocenters. The second kappa shape index (κ2) is 12.2. The fourth-order valence-corrected chi connectivity index (χ4v) is 4.19. The van der Waals surface area contributed by atoms with Gasteiger partial charge in [-0.05, 0) is 60.2 Å². The second-order valence-electron chi connectivity index (χ2n) is 8.44. The molecular formula is C26H32N6O3. The van der Waals surface area contributed by atoms with E-state index >= 15 is 0 Å². The maximum absolute atomic E-state index is 12.5. The summed E-state index contributed by atoms with van der Waals surface area (Å²) >= 11 is 0. The van der Waals surface area contributed by atoms with Crippen LogP contribution in [-0.4, -0.2) is 66.2 Å². The highest BCUT2D eigenvalue weighted by Crippen LogP contribution is 2.31. The molecule has 9 nitrogen and oxygen atoms in total. The summed E-state index contributed by atoms with van der Waals surface area (Å²) in [6, 6.07) is 9.51. The van der Waals surface area contributed by atoms with Crippen molar-refractivity contribution in [2.75, 3.05) is 44.7 Å². The SMILES string of the molecule is CCNC(=O)Nc1cc2c(-c3ccncc3)ccc(CNC(=O)CCCN3CCOCC3)c2cn1. The van der Waals surface area contributed by atoms with E-state index in [0.717, 1.165) is 66.7 Å². The lowest BCUT2D eigenvalue weighted by atomic mass is 9.96. The van der Waals surface area contributed by atoms with Crippen LogP contribution in [0.3, 0.4) is 0 Å². The van der Waals surface area contributed by atoms with Crippen molar-refractivity contribution in [2.45, 2.75) is 26.3 Å². The third kappa shape index (κ3) is 6.74. The van der Waals surface area contributed by atoms with Crippen LogP contribution in [0.2, 0.25) is 0 Å². The predicted molar refractivity (Wildman–Crippen MR) is 136 cm³/mol. The second-order valence-corrected chi connectivity index (χ2v) is 8.44. The van der Waals surface area contributed by atoms with Crippen molar-refractivity contribution in [3.05, 3.63) is 54.5 Å². The summed E-state index contributed by atoms with van der Waals surface area (Å²) in [5.74, 6) is 0.496. The van der Waals surface area contributed by atoms with Crippen LogP contribution in [0.25, 0.3) is 21.9 Å². The predicted octanol–water partition coefficient (Wildman–Crippen LogP) is 3.17. The first-order valence-electron chi connectivity index (χ1n) is 12.1. The molecule has 0 spiro atoms. The van der Waals surface area contributed by atoms with E-state index in [1.54, 1.807) is 18.6 Å². The number of morpholine rings is 1. The number of carbonyl (C=O) groups excluding carboxylic acids is 2.